The van der Waals surface area contributed by atoms with Crippen molar-refractivity contribution in [2.75, 3.05) is 19.6 Å². The summed E-state index contributed by atoms with van der Waals surface area (Å²) in [5, 5.41) is 18.7. The Morgan fingerprint density at radius 3 is 2.70 bits per heavy atom. The summed E-state index contributed by atoms with van der Waals surface area (Å²) in [5.41, 5.74) is 0.332. The number of carbonyl (C=O) groups excluding carboxylic acids is 2. The van der Waals surface area contributed by atoms with Crippen LogP contribution in [0.25, 0.3) is 10.8 Å². The molecular formula is C24H31N3O3. The summed E-state index contributed by atoms with van der Waals surface area (Å²) in [6.45, 7) is 2.19. The highest BCUT2D eigenvalue weighted by atomic mass is 16.3. The molecule has 1 saturated carbocycles. The summed E-state index contributed by atoms with van der Waals surface area (Å²) in [4.78, 5) is 27.2. The predicted molar refractivity (Wildman–Crippen MR) is 117 cm³/mol. The Morgan fingerprint density at radius 1 is 1.13 bits per heavy atom. The minimum absolute atomic E-state index is 0.103. The molecule has 1 aliphatic heterocycles. The van der Waals surface area contributed by atoms with Gasteiger partial charge in [0.15, 0.2) is 0 Å². The molecule has 3 N–H and O–H groups in total. The smallest absolute Gasteiger partial charge is 0.237 e. The Kier molecular flexibility index (Phi) is 6.35. The average Bonchev–Trinajstić information content (AvgIpc) is 2.75. The van der Waals surface area contributed by atoms with E-state index in [0.29, 0.717) is 19.6 Å². The number of hydrogen-bond acceptors (Lipinski definition) is 4. The van der Waals surface area contributed by atoms with Gasteiger partial charge < -0.3 is 15.7 Å². The molecule has 2 aliphatic rings. The van der Waals surface area contributed by atoms with Crippen LogP contribution in [0.1, 0.15) is 44.1 Å². The highest BCUT2D eigenvalue weighted by Gasteiger charge is 2.33. The fourth-order valence-electron chi connectivity index (χ4n) is 4.64. The van der Waals surface area contributed by atoms with Crippen molar-refractivity contribution in [1.82, 2.24) is 15.5 Å². The molecule has 2 aromatic carbocycles. The number of carbonyl (C=O) groups is 2. The van der Waals surface area contributed by atoms with Gasteiger partial charge in [0, 0.05) is 26.2 Å². The molecule has 4 rings (SSSR count). The minimum atomic E-state index is -0.798. The zero-order valence-corrected chi connectivity index (χ0v) is 17.4. The van der Waals surface area contributed by atoms with Crippen LogP contribution in [0.5, 0.6) is 0 Å². The number of hydrogen-bond donors (Lipinski definition) is 3. The third kappa shape index (κ3) is 4.99. The van der Waals surface area contributed by atoms with Gasteiger partial charge in [-0.3, -0.25) is 14.5 Å². The first-order chi connectivity index (χ1) is 14.5. The van der Waals surface area contributed by atoms with Gasteiger partial charge >= 0.3 is 0 Å². The maximum Gasteiger partial charge on any atom is 0.237 e. The number of benzene rings is 2. The van der Waals surface area contributed by atoms with Crippen molar-refractivity contribution < 1.29 is 14.7 Å². The summed E-state index contributed by atoms with van der Waals surface area (Å²) < 4.78 is 0. The molecule has 0 radical (unpaired) electrons. The minimum Gasteiger partial charge on any atom is -0.388 e. The maximum absolute atomic E-state index is 12.6. The molecule has 1 atom stereocenters. The van der Waals surface area contributed by atoms with Crippen LogP contribution in [-0.4, -0.2) is 53.1 Å². The largest absolute Gasteiger partial charge is 0.388 e. The Balaban J connectivity index is 1.39. The van der Waals surface area contributed by atoms with E-state index in [9.17, 15) is 14.7 Å². The summed E-state index contributed by atoms with van der Waals surface area (Å²) in [6, 6.07) is 14.1. The number of piperazine rings is 1. The van der Waals surface area contributed by atoms with Crippen molar-refractivity contribution in [1.29, 1.82) is 0 Å². The molecule has 6 heteroatoms. The normalized spacial score (nSPS) is 21.9. The van der Waals surface area contributed by atoms with E-state index >= 15 is 0 Å². The van der Waals surface area contributed by atoms with E-state index in [1.165, 1.54) is 10.8 Å². The van der Waals surface area contributed by atoms with E-state index in [4.69, 9.17) is 0 Å². The predicted octanol–water partition coefficient (Wildman–Crippen LogP) is 2.34. The van der Waals surface area contributed by atoms with Crippen molar-refractivity contribution in [2.24, 2.45) is 0 Å². The number of nitrogens with one attached hydrogen (secondary N) is 2. The molecule has 30 heavy (non-hydrogen) atoms. The monoisotopic (exact) mass is 409 g/mol. The number of nitrogens with zero attached hydrogens (tertiary/aromatic N) is 1. The number of fused-ring (bicyclic) bond motifs is 1. The first kappa shape index (κ1) is 20.8. The lowest BCUT2D eigenvalue weighted by atomic mass is 9.85. The van der Waals surface area contributed by atoms with Gasteiger partial charge in [0.25, 0.3) is 0 Å². The zero-order valence-electron chi connectivity index (χ0n) is 17.4. The van der Waals surface area contributed by atoms with Crippen LogP contribution in [0.2, 0.25) is 0 Å². The van der Waals surface area contributed by atoms with Crippen LogP contribution >= 0.6 is 0 Å². The molecule has 1 saturated heterocycles. The first-order valence-corrected chi connectivity index (χ1v) is 11.0. The van der Waals surface area contributed by atoms with E-state index in [2.05, 4.69) is 45.9 Å². The number of rotatable bonds is 6. The topological polar surface area (TPSA) is 81.7 Å². The molecule has 1 aliphatic carbocycles. The molecule has 0 aromatic heterocycles. The molecule has 160 valence electrons. The number of amides is 2. The van der Waals surface area contributed by atoms with Crippen LogP contribution in [0.15, 0.2) is 42.5 Å². The highest BCUT2D eigenvalue weighted by Crippen LogP contribution is 2.27. The highest BCUT2D eigenvalue weighted by molar-refractivity contribution is 5.89. The van der Waals surface area contributed by atoms with E-state index in [1.54, 1.807) is 0 Å². The standard InChI is InChI=1S/C24H31N3O3/c28-22(26-17-24(30)10-4-1-5-11-24)15-21-23(29)25-12-13-27(21)16-18-8-9-19-6-2-3-7-20(19)14-18/h2-3,6-9,14,21,30H,1,4-5,10-13,15-17H2,(H,25,29)(H,26,28)/t21-/m1/s1. The second-order valence-corrected chi connectivity index (χ2v) is 8.72. The summed E-state index contributed by atoms with van der Waals surface area (Å²) in [7, 11) is 0. The fourth-order valence-corrected chi connectivity index (χ4v) is 4.64. The van der Waals surface area contributed by atoms with E-state index in [-0.39, 0.29) is 24.8 Å². The quantitative estimate of drug-likeness (QED) is 0.684. The molecule has 2 fully saturated rings. The van der Waals surface area contributed by atoms with Crippen molar-refractivity contribution >= 4 is 22.6 Å². The van der Waals surface area contributed by atoms with Crippen molar-refractivity contribution in [3.8, 4) is 0 Å². The van der Waals surface area contributed by atoms with E-state index in [1.807, 2.05) is 12.1 Å². The summed E-state index contributed by atoms with van der Waals surface area (Å²) in [5.74, 6) is -0.284. The molecule has 0 spiro atoms. The lowest BCUT2D eigenvalue weighted by Crippen LogP contribution is -2.56. The van der Waals surface area contributed by atoms with Gasteiger partial charge in [-0.1, -0.05) is 55.7 Å². The van der Waals surface area contributed by atoms with Crippen LogP contribution in [-0.2, 0) is 16.1 Å². The Morgan fingerprint density at radius 2 is 1.90 bits per heavy atom. The van der Waals surface area contributed by atoms with Gasteiger partial charge in [0.2, 0.25) is 11.8 Å². The summed E-state index contributed by atoms with van der Waals surface area (Å²) in [6.07, 6.45) is 4.70. The van der Waals surface area contributed by atoms with Crippen molar-refractivity contribution in [3.05, 3.63) is 48.0 Å². The van der Waals surface area contributed by atoms with Crippen LogP contribution in [0.4, 0.5) is 0 Å². The Bertz CT molecular complexity index is 907. The fraction of sp³-hybridized carbons (Fsp3) is 0.500. The van der Waals surface area contributed by atoms with Gasteiger partial charge in [-0.05, 0) is 35.2 Å². The average molecular weight is 410 g/mol. The lowest BCUT2D eigenvalue weighted by Gasteiger charge is -2.35. The Labute approximate surface area is 177 Å². The van der Waals surface area contributed by atoms with Crippen LogP contribution in [0, 0.1) is 0 Å². The van der Waals surface area contributed by atoms with Crippen LogP contribution in [0.3, 0.4) is 0 Å². The molecule has 2 aromatic rings. The van der Waals surface area contributed by atoms with Gasteiger partial charge in [0.1, 0.15) is 0 Å². The molecule has 0 bridgehead atoms. The van der Waals surface area contributed by atoms with Crippen molar-refractivity contribution in [2.45, 2.75) is 56.7 Å². The van der Waals surface area contributed by atoms with Crippen molar-refractivity contribution in [3.63, 3.8) is 0 Å². The summed E-state index contributed by atoms with van der Waals surface area (Å²) >= 11 is 0. The molecular weight excluding hydrogens is 378 g/mol. The van der Waals surface area contributed by atoms with Gasteiger partial charge in [-0.25, -0.2) is 0 Å². The third-order valence-electron chi connectivity index (χ3n) is 6.42. The second-order valence-electron chi connectivity index (χ2n) is 8.72. The lowest BCUT2D eigenvalue weighted by molar-refractivity contribution is -0.134. The third-order valence-corrected chi connectivity index (χ3v) is 6.42. The van der Waals surface area contributed by atoms with Gasteiger partial charge in [-0.2, -0.15) is 0 Å². The first-order valence-electron chi connectivity index (χ1n) is 11.0. The maximum atomic E-state index is 12.6. The van der Waals surface area contributed by atoms with E-state index < -0.39 is 11.6 Å². The number of aliphatic hydroxyl groups is 1. The second kappa shape index (κ2) is 9.14. The Hall–Kier alpha value is -2.44. The van der Waals surface area contributed by atoms with Gasteiger partial charge in [-0.15, -0.1) is 0 Å². The van der Waals surface area contributed by atoms with Gasteiger partial charge in [0.05, 0.1) is 18.1 Å². The zero-order chi connectivity index (χ0) is 21.0. The molecule has 6 nitrogen and oxygen atoms in total. The SMILES string of the molecule is O=C(C[C@@H]1C(=O)NCCN1Cc1ccc2ccccc2c1)NCC1(O)CCCCC1. The molecule has 2 amide bonds. The van der Waals surface area contributed by atoms with Crippen LogP contribution < -0.4 is 10.6 Å². The van der Waals surface area contributed by atoms with E-state index in [0.717, 1.165) is 37.7 Å². The molecule has 1 heterocycles. The molecule has 0 unspecified atom stereocenters.